The number of piperazine rings is 1. The van der Waals surface area contributed by atoms with Gasteiger partial charge in [0.25, 0.3) is 11.7 Å². The molecule has 0 radical (unpaired) electrons. The Labute approximate surface area is 366 Å². The van der Waals surface area contributed by atoms with Crippen LogP contribution in [0.2, 0.25) is 0 Å². The highest BCUT2D eigenvalue weighted by Crippen LogP contribution is 2.46. The molecule has 10 rings (SSSR count). The third-order valence-electron chi connectivity index (χ3n) is 13.6. The molecule has 6 aromatic rings. The van der Waals surface area contributed by atoms with Crippen molar-refractivity contribution in [3.05, 3.63) is 102 Å². The average molecular weight is 848 g/mol. The van der Waals surface area contributed by atoms with Gasteiger partial charge in [-0.05, 0) is 111 Å². The van der Waals surface area contributed by atoms with Crippen LogP contribution in [0, 0.1) is 12.8 Å². The fraction of sp³-hybridized carbons (Fsp3) is 0.396. The zero-order valence-corrected chi connectivity index (χ0v) is 36.1. The molecule has 3 saturated heterocycles. The first-order valence-corrected chi connectivity index (χ1v) is 22.2. The summed E-state index contributed by atoms with van der Waals surface area (Å²) in [5.74, 6) is 0.706. The molecule has 15 heteroatoms. The molecule has 4 amide bonds. The van der Waals surface area contributed by atoms with Gasteiger partial charge in [-0.15, -0.1) is 0 Å². The van der Waals surface area contributed by atoms with Crippen molar-refractivity contribution in [1.29, 1.82) is 0 Å². The van der Waals surface area contributed by atoms with E-state index in [1.165, 1.54) is 11.4 Å². The Kier molecular flexibility index (Phi) is 10.7. The van der Waals surface area contributed by atoms with Gasteiger partial charge in [-0.1, -0.05) is 36.3 Å². The van der Waals surface area contributed by atoms with Crippen molar-refractivity contribution < 1.29 is 18.9 Å². The fourth-order valence-corrected chi connectivity index (χ4v) is 9.37. The van der Waals surface area contributed by atoms with Crippen LogP contribution < -0.4 is 25.3 Å². The molecule has 15 nitrogen and oxygen atoms in total. The molecule has 0 spiro atoms. The number of aromatic nitrogens is 5. The van der Waals surface area contributed by atoms with Crippen LogP contribution in [-0.4, -0.2) is 100 Å². The van der Waals surface area contributed by atoms with E-state index in [0.29, 0.717) is 24.8 Å². The molecular formula is C48H53N11O4. The Bertz CT molecular complexity index is 2650. The van der Waals surface area contributed by atoms with Gasteiger partial charge in [0.05, 0.1) is 11.7 Å². The minimum atomic E-state index is -0.354. The Hall–Kier alpha value is -6.61. The highest BCUT2D eigenvalue weighted by Gasteiger charge is 2.45. The van der Waals surface area contributed by atoms with Crippen LogP contribution in [0.15, 0.2) is 83.6 Å². The van der Waals surface area contributed by atoms with E-state index in [2.05, 4.69) is 101 Å². The predicted octanol–water partition coefficient (Wildman–Crippen LogP) is 7.01. The number of fused-ring (bicyclic) bond motifs is 1. The van der Waals surface area contributed by atoms with Crippen molar-refractivity contribution in [2.45, 2.75) is 64.3 Å². The third kappa shape index (κ3) is 8.36. The largest absolute Gasteiger partial charge is 0.372 e. The zero-order chi connectivity index (χ0) is 43.2. The average Bonchev–Trinajstić information content (AvgIpc) is 3.63. The third-order valence-corrected chi connectivity index (χ3v) is 13.6. The maximum Gasteiger partial charge on any atom is 0.328 e. The molecule has 3 N–H and O–H groups in total. The van der Waals surface area contributed by atoms with Crippen molar-refractivity contribution in [2.24, 2.45) is 5.92 Å². The number of anilines is 3. The number of aromatic amines is 1. The number of carbonyl (C=O) groups excluding carboxylic acids is 3. The molecule has 324 valence electrons. The molecule has 0 bridgehead atoms. The number of amides is 4. The number of imide groups is 1. The summed E-state index contributed by atoms with van der Waals surface area (Å²) in [7, 11) is 0. The first-order chi connectivity index (χ1) is 30.6. The molecule has 1 aliphatic carbocycles. The Morgan fingerprint density at radius 1 is 0.857 bits per heavy atom. The number of nitrogens with one attached hydrogen (secondary N) is 3. The fourth-order valence-electron chi connectivity index (χ4n) is 9.37. The standard InChI is InChI=1S/C48H53N11O4/c1-30-26-34(6-13-38(30)31(2)51-45(61)44-54-46(63-55-44)48(3)17-18-48)42-39-27-40(52-43(39)50-29-49-42)33-4-7-35(8-5-33)58-24-22-56(23-25-58)28-32-14-19-57(20-15-32)36-9-11-37(12-10-36)59-21-16-41(60)53-47(59)62/h4-13,26-27,29,31-32H,14-25,28H2,1-3H3,(H,51,61)(H,49,50,52)(H,53,60,62). The first-order valence-electron chi connectivity index (χ1n) is 22.2. The molecule has 3 aromatic carbocycles. The van der Waals surface area contributed by atoms with Crippen molar-refractivity contribution in [3.63, 3.8) is 0 Å². The van der Waals surface area contributed by atoms with Crippen LogP contribution in [0.25, 0.3) is 33.5 Å². The monoisotopic (exact) mass is 847 g/mol. The minimum absolute atomic E-state index is 0.0640. The summed E-state index contributed by atoms with van der Waals surface area (Å²) in [6.45, 7) is 13.8. The van der Waals surface area contributed by atoms with Crippen LogP contribution >= 0.6 is 0 Å². The van der Waals surface area contributed by atoms with E-state index in [4.69, 9.17) is 9.51 Å². The lowest BCUT2D eigenvalue weighted by atomic mass is 9.95. The summed E-state index contributed by atoms with van der Waals surface area (Å²) in [5.41, 5.74) is 9.85. The normalized spacial score (nSPS) is 18.7. The smallest absolute Gasteiger partial charge is 0.328 e. The molecular weight excluding hydrogens is 795 g/mol. The van der Waals surface area contributed by atoms with E-state index < -0.39 is 0 Å². The molecule has 3 aromatic heterocycles. The summed E-state index contributed by atoms with van der Waals surface area (Å²) in [5, 5.41) is 10.3. The van der Waals surface area contributed by atoms with Crippen LogP contribution in [-0.2, 0) is 10.2 Å². The summed E-state index contributed by atoms with van der Waals surface area (Å²) in [6, 6.07) is 24.7. The maximum atomic E-state index is 13.0. The predicted molar refractivity (Wildman–Crippen MR) is 242 cm³/mol. The number of carbonyl (C=O) groups is 3. The number of piperidine rings is 1. The van der Waals surface area contributed by atoms with Gasteiger partial charge in [-0.2, -0.15) is 4.98 Å². The number of hydrogen-bond donors (Lipinski definition) is 3. The van der Waals surface area contributed by atoms with E-state index in [1.54, 1.807) is 11.2 Å². The summed E-state index contributed by atoms with van der Waals surface area (Å²) in [4.78, 5) is 63.1. The Morgan fingerprint density at radius 3 is 2.24 bits per heavy atom. The highest BCUT2D eigenvalue weighted by atomic mass is 16.5. The SMILES string of the molecule is Cc1cc(-c2ncnc3[nH]c(-c4ccc(N5CCN(CC6CCN(c7ccc(N8CCC(=O)NC8=O)cc7)CC6)CC5)cc4)cc23)ccc1C(C)NC(=O)c1noc(C2(C)CC2)n1. The van der Waals surface area contributed by atoms with Crippen LogP contribution in [0.1, 0.15) is 79.6 Å². The second-order valence-corrected chi connectivity index (χ2v) is 18.0. The quantitative estimate of drug-likeness (QED) is 0.123. The van der Waals surface area contributed by atoms with Crippen molar-refractivity contribution >= 4 is 45.9 Å². The lowest BCUT2D eigenvalue weighted by Crippen LogP contribution is -2.49. The molecule has 3 aliphatic heterocycles. The molecule has 4 fully saturated rings. The van der Waals surface area contributed by atoms with E-state index >= 15 is 0 Å². The van der Waals surface area contributed by atoms with E-state index in [-0.39, 0.29) is 35.1 Å². The van der Waals surface area contributed by atoms with Gasteiger partial charge in [0.15, 0.2) is 0 Å². The number of H-pyrrole nitrogens is 1. The lowest BCUT2D eigenvalue weighted by Gasteiger charge is -2.40. The van der Waals surface area contributed by atoms with Gasteiger partial charge < -0.3 is 24.6 Å². The molecule has 1 saturated carbocycles. The van der Waals surface area contributed by atoms with E-state index in [1.807, 2.05) is 38.1 Å². The van der Waals surface area contributed by atoms with Crippen LogP contribution in [0.3, 0.4) is 0 Å². The summed E-state index contributed by atoms with van der Waals surface area (Å²) in [6.07, 6.45) is 6.24. The zero-order valence-electron chi connectivity index (χ0n) is 36.1. The lowest BCUT2D eigenvalue weighted by molar-refractivity contribution is -0.120. The molecule has 63 heavy (non-hydrogen) atoms. The number of urea groups is 1. The summed E-state index contributed by atoms with van der Waals surface area (Å²) < 4.78 is 5.38. The number of aryl methyl sites for hydroxylation is 1. The Morgan fingerprint density at radius 2 is 1.54 bits per heavy atom. The first kappa shape index (κ1) is 40.5. The topological polar surface area (TPSA) is 169 Å². The molecule has 1 atom stereocenters. The van der Waals surface area contributed by atoms with Gasteiger partial charge in [0, 0.05) is 97.9 Å². The van der Waals surface area contributed by atoms with Gasteiger partial charge in [-0.25, -0.2) is 14.8 Å². The number of benzene rings is 3. The van der Waals surface area contributed by atoms with Crippen molar-refractivity contribution in [1.82, 2.24) is 40.6 Å². The molecule has 6 heterocycles. The maximum absolute atomic E-state index is 13.0. The van der Waals surface area contributed by atoms with Gasteiger partial charge in [0.2, 0.25) is 11.8 Å². The van der Waals surface area contributed by atoms with E-state index in [0.717, 1.165) is 122 Å². The second-order valence-electron chi connectivity index (χ2n) is 18.0. The minimum Gasteiger partial charge on any atom is -0.372 e. The van der Waals surface area contributed by atoms with Gasteiger partial charge in [0.1, 0.15) is 12.0 Å². The van der Waals surface area contributed by atoms with Gasteiger partial charge in [-0.3, -0.25) is 24.7 Å². The number of rotatable bonds is 11. The van der Waals surface area contributed by atoms with Gasteiger partial charge >= 0.3 is 6.03 Å². The molecule has 4 aliphatic rings. The Balaban J connectivity index is 0.715. The number of nitrogens with zero attached hydrogens (tertiary/aromatic N) is 8. The highest BCUT2D eigenvalue weighted by molar-refractivity contribution is 6.05. The second kappa shape index (κ2) is 16.6. The van der Waals surface area contributed by atoms with Crippen molar-refractivity contribution in [3.8, 4) is 22.5 Å². The van der Waals surface area contributed by atoms with E-state index in [9.17, 15) is 14.4 Å². The number of hydrogen-bond acceptors (Lipinski definition) is 11. The van der Waals surface area contributed by atoms with Crippen molar-refractivity contribution in [2.75, 3.05) is 67.1 Å². The molecule has 1 unspecified atom stereocenters. The summed E-state index contributed by atoms with van der Waals surface area (Å²) >= 11 is 0. The van der Waals surface area contributed by atoms with Crippen LogP contribution in [0.4, 0.5) is 21.9 Å². The van der Waals surface area contributed by atoms with Crippen LogP contribution in [0.5, 0.6) is 0 Å².